The monoisotopic (exact) mass is 170 g/mol. The van der Waals surface area contributed by atoms with Crippen LogP contribution in [-0.2, 0) is 4.79 Å². The third-order valence-corrected chi connectivity index (χ3v) is 0.877. The Balaban J connectivity index is 3.64. The fraction of sp³-hybridized carbons (Fsp3) is 0.800. The van der Waals surface area contributed by atoms with Crippen molar-refractivity contribution in [3.63, 3.8) is 0 Å². The van der Waals surface area contributed by atoms with Crippen molar-refractivity contribution >= 4 is 5.91 Å². The van der Waals surface area contributed by atoms with E-state index in [4.69, 9.17) is 5.73 Å². The van der Waals surface area contributed by atoms with Crippen molar-refractivity contribution in [1.29, 1.82) is 0 Å². The second-order valence-corrected chi connectivity index (χ2v) is 2.12. The summed E-state index contributed by atoms with van der Waals surface area (Å²) in [6, 6.07) is -0.905. The van der Waals surface area contributed by atoms with Crippen LogP contribution in [0.4, 0.5) is 13.2 Å². The van der Waals surface area contributed by atoms with Crippen molar-refractivity contribution in [3.05, 3.63) is 0 Å². The van der Waals surface area contributed by atoms with Crippen molar-refractivity contribution in [2.75, 3.05) is 6.54 Å². The maximum atomic E-state index is 11.4. The van der Waals surface area contributed by atoms with Gasteiger partial charge in [0.15, 0.2) is 0 Å². The number of carbonyl (C=O) groups excluding carboxylic acids is 1. The van der Waals surface area contributed by atoms with Gasteiger partial charge >= 0.3 is 6.18 Å². The van der Waals surface area contributed by atoms with E-state index < -0.39 is 24.7 Å². The molecule has 0 saturated carbocycles. The van der Waals surface area contributed by atoms with Crippen LogP contribution in [0.15, 0.2) is 0 Å². The summed E-state index contributed by atoms with van der Waals surface area (Å²) in [6.07, 6.45) is -4.37. The van der Waals surface area contributed by atoms with E-state index in [1.165, 1.54) is 6.92 Å². The Morgan fingerprint density at radius 1 is 1.64 bits per heavy atom. The second kappa shape index (κ2) is 3.56. The van der Waals surface area contributed by atoms with Crippen LogP contribution in [0.5, 0.6) is 0 Å². The molecule has 0 aliphatic carbocycles. The van der Waals surface area contributed by atoms with Gasteiger partial charge in [-0.2, -0.15) is 13.2 Å². The summed E-state index contributed by atoms with van der Waals surface area (Å²) in [6.45, 7) is -0.0148. The lowest BCUT2D eigenvalue weighted by Gasteiger charge is -2.09. The molecule has 11 heavy (non-hydrogen) atoms. The summed E-state index contributed by atoms with van der Waals surface area (Å²) in [7, 11) is 0. The van der Waals surface area contributed by atoms with Crippen LogP contribution < -0.4 is 11.1 Å². The fourth-order valence-electron chi connectivity index (χ4n) is 0.348. The number of halogens is 3. The van der Waals surface area contributed by atoms with Gasteiger partial charge in [0.2, 0.25) is 5.91 Å². The number of carbonyl (C=O) groups is 1. The highest BCUT2D eigenvalue weighted by molar-refractivity contribution is 5.80. The van der Waals surface area contributed by atoms with Gasteiger partial charge in [0.25, 0.3) is 0 Å². The van der Waals surface area contributed by atoms with E-state index in [0.717, 1.165) is 0 Å². The Bertz CT molecular complexity index is 143. The topological polar surface area (TPSA) is 55.1 Å². The molecule has 0 saturated heterocycles. The largest absolute Gasteiger partial charge is 0.405 e. The molecule has 0 rings (SSSR count). The first kappa shape index (κ1) is 10.2. The first-order valence-electron chi connectivity index (χ1n) is 2.93. The van der Waals surface area contributed by atoms with Crippen molar-refractivity contribution < 1.29 is 18.0 Å². The van der Waals surface area contributed by atoms with E-state index in [9.17, 15) is 18.0 Å². The molecule has 66 valence electrons. The van der Waals surface area contributed by atoms with Crippen LogP contribution in [-0.4, -0.2) is 24.7 Å². The van der Waals surface area contributed by atoms with Crippen LogP contribution in [0.1, 0.15) is 6.92 Å². The quantitative estimate of drug-likeness (QED) is 0.613. The molecular weight excluding hydrogens is 161 g/mol. The minimum Gasteiger partial charge on any atom is -0.346 e. The van der Waals surface area contributed by atoms with E-state index in [0.29, 0.717) is 0 Å². The minimum atomic E-state index is -4.37. The lowest BCUT2D eigenvalue weighted by atomic mass is 10.3. The van der Waals surface area contributed by atoms with Crippen molar-refractivity contribution in [2.45, 2.75) is 19.1 Å². The number of hydrogen-bond donors (Lipinski definition) is 2. The normalized spacial score (nSPS) is 14.3. The summed E-state index contributed by atoms with van der Waals surface area (Å²) in [5.41, 5.74) is 4.99. The Morgan fingerprint density at radius 3 is 2.36 bits per heavy atom. The summed E-state index contributed by atoms with van der Waals surface area (Å²) in [5.74, 6) is -0.803. The molecule has 0 heterocycles. The molecule has 0 aromatic carbocycles. The summed E-state index contributed by atoms with van der Waals surface area (Å²) in [4.78, 5) is 10.5. The SMILES string of the molecule is CC(N)C(=O)NCC(F)(F)F. The molecular formula is C5H9F3N2O. The lowest BCUT2D eigenvalue weighted by molar-refractivity contribution is -0.138. The fourth-order valence-corrected chi connectivity index (χ4v) is 0.348. The molecule has 0 bridgehead atoms. The van der Waals surface area contributed by atoms with Crippen LogP contribution in [0.25, 0.3) is 0 Å². The zero-order valence-corrected chi connectivity index (χ0v) is 5.90. The standard InChI is InChI=1S/C5H9F3N2O/c1-3(9)4(11)10-2-5(6,7)8/h3H,2,9H2,1H3,(H,10,11). The molecule has 3 nitrogen and oxygen atoms in total. The van der Waals surface area contributed by atoms with E-state index in [1.54, 1.807) is 5.32 Å². The predicted molar refractivity (Wildman–Crippen MR) is 32.7 cm³/mol. The third-order valence-electron chi connectivity index (χ3n) is 0.877. The second-order valence-electron chi connectivity index (χ2n) is 2.12. The van der Waals surface area contributed by atoms with Gasteiger partial charge in [-0.25, -0.2) is 0 Å². The van der Waals surface area contributed by atoms with Crippen molar-refractivity contribution in [1.82, 2.24) is 5.32 Å². The zero-order valence-electron chi connectivity index (χ0n) is 5.90. The van der Waals surface area contributed by atoms with Gasteiger partial charge in [0.05, 0.1) is 6.04 Å². The van der Waals surface area contributed by atoms with Gasteiger partial charge in [0, 0.05) is 0 Å². The number of nitrogens with one attached hydrogen (secondary N) is 1. The minimum absolute atomic E-state index is 0.803. The van der Waals surface area contributed by atoms with Gasteiger partial charge in [-0.05, 0) is 6.92 Å². The van der Waals surface area contributed by atoms with Gasteiger partial charge < -0.3 is 11.1 Å². The third kappa shape index (κ3) is 5.65. The molecule has 1 unspecified atom stereocenters. The molecule has 0 fully saturated rings. The van der Waals surface area contributed by atoms with Crippen LogP contribution >= 0.6 is 0 Å². The van der Waals surface area contributed by atoms with Crippen LogP contribution in [0.2, 0.25) is 0 Å². The highest BCUT2D eigenvalue weighted by Gasteiger charge is 2.27. The highest BCUT2D eigenvalue weighted by Crippen LogP contribution is 2.11. The van der Waals surface area contributed by atoms with E-state index in [-0.39, 0.29) is 0 Å². The van der Waals surface area contributed by atoms with Gasteiger partial charge in [-0.15, -0.1) is 0 Å². The molecule has 0 aliphatic heterocycles. The van der Waals surface area contributed by atoms with Crippen molar-refractivity contribution in [3.8, 4) is 0 Å². The first-order valence-corrected chi connectivity index (χ1v) is 2.93. The number of alkyl halides is 3. The number of hydrogen-bond acceptors (Lipinski definition) is 2. The smallest absolute Gasteiger partial charge is 0.346 e. The molecule has 3 N–H and O–H groups in total. The van der Waals surface area contributed by atoms with Crippen LogP contribution in [0, 0.1) is 0 Å². The average Bonchev–Trinajstić information content (AvgIpc) is 1.80. The molecule has 0 aromatic heterocycles. The number of nitrogens with two attached hydrogens (primary N) is 1. The Hall–Kier alpha value is -0.780. The molecule has 0 spiro atoms. The molecule has 0 aromatic rings. The molecule has 6 heteroatoms. The highest BCUT2D eigenvalue weighted by atomic mass is 19.4. The van der Waals surface area contributed by atoms with E-state index in [2.05, 4.69) is 0 Å². The Morgan fingerprint density at radius 2 is 2.09 bits per heavy atom. The molecule has 0 radical (unpaired) electrons. The molecule has 1 atom stereocenters. The summed E-state index contributed by atoms with van der Waals surface area (Å²) in [5, 5.41) is 1.63. The van der Waals surface area contributed by atoms with Gasteiger partial charge in [-0.1, -0.05) is 0 Å². The summed E-state index contributed by atoms with van der Waals surface area (Å²) >= 11 is 0. The van der Waals surface area contributed by atoms with Gasteiger partial charge in [-0.3, -0.25) is 4.79 Å². The Labute approximate surface area is 61.7 Å². The first-order chi connectivity index (χ1) is 4.83. The maximum Gasteiger partial charge on any atom is 0.405 e. The maximum absolute atomic E-state index is 11.4. The van der Waals surface area contributed by atoms with E-state index in [1.807, 2.05) is 0 Å². The lowest BCUT2D eigenvalue weighted by Crippen LogP contribution is -2.42. The summed E-state index contributed by atoms with van der Waals surface area (Å²) < 4.78 is 34.3. The van der Waals surface area contributed by atoms with E-state index >= 15 is 0 Å². The average molecular weight is 170 g/mol. The number of amides is 1. The van der Waals surface area contributed by atoms with Crippen molar-refractivity contribution in [2.24, 2.45) is 5.73 Å². The van der Waals surface area contributed by atoms with Gasteiger partial charge in [0.1, 0.15) is 6.54 Å². The molecule has 1 amide bonds. The Kier molecular flexibility index (Phi) is 3.31. The molecule has 0 aliphatic rings. The number of rotatable bonds is 2. The van der Waals surface area contributed by atoms with Crippen LogP contribution in [0.3, 0.4) is 0 Å². The zero-order chi connectivity index (χ0) is 9.07. The predicted octanol–water partition coefficient (Wildman–Crippen LogP) is 0.0121.